The molecule has 39 heavy (non-hydrogen) atoms. The van der Waals surface area contributed by atoms with Crippen LogP contribution in [-0.2, 0) is 11.3 Å². The van der Waals surface area contributed by atoms with E-state index in [-0.39, 0.29) is 17.1 Å². The maximum atomic E-state index is 13.3. The smallest absolute Gasteiger partial charge is 0.255 e. The van der Waals surface area contributed by atoms with Gasteiger partial charge < -0.3 is 19.9 Å². The normalized spacial score (nSPS) is 11.9. The zero-order chi connectivity index (χ0) is 27.4. The molecule has 5 rings (SSSR count). The van der Waals surface area contributed by atoms with Crippen LogP contribution in [0.25, 0.3) is 21.8 Å². The second-order valence-corrected chi connectivity index (χ2v) is 10.5. The summed E-state index contributed by atoms with van der Waals surface area (Å²) in [6.45, 7) is 5.02. The number of para-hydroxylation sites is 1. The van der Waals surface area contributed by atoms with Crippen LogP contribution >= 0.6 is 11.8 Å². The van der Waals surface area contributed by atoms with Crippen LogP contribution in [0.4, 0.5) is 11.4 Å². The highest BCUT2D eigenvalue weighted by atomic mass is 32.2. The van der Waals surface area contributed by atoms with Crippen molar-refractivity contribution in [2.24, 2.45) is 0 Å². The van der Waals surface area contributed by atoms with Gasteiger partial charge in [-0.3, -0.25) is 9.59 Å². The van der Waals surface area contributed by atoms with Crippen LogP contribution in [0.15, 0.2) is 95.9 Å². The number of thioether (sulfide) groups is 1. The summed E-state index contributed by atoms with van der Waals surface area (Å²) >= 11 is 1.49. The number of carbonyl (C=O) groups excluding carboxylic acids is 2. The highest BCUT2D eigenvalue weighted by molar-refractivity contribution is 8.00. The number of methoxy groups -OCH3 is 1. The minimum absolute atomic E-state index is 0.0492. The van der Waals surface area contributed by atoms with Crippen molar-refractivity contribution in [2.45, 2.75) is 37.0 Å². The van der Waals surface area contributed by atoms with Crippen LogP contribution in [0.5, 0.6) is 5.75 Å². The van der Waals surface area contributed by atoms with Gasteiger partial charge in [-0.2, -0.15) is 0 Å². The number of rotatable bonds is 9. The molecule has 0 bridgehead atoms. The molecule has 6 nitrogen and oxygen atoms in total. The van der Waals surface area contributed by atoms with Crippen LogP contribution in [0.3, 0.4) is 0 Å². The summed E-state index contributed by atoms with van der Waals surface area (Å²) in [7, 11) is 1.57. The second-order valence-electron chi connectivity index (χ2n) is 9.21. The number of aromatic nitrogens is 1. The lowest BCUT2D eigenvalue weighted by atomic mass is 10.1. The summed E-state index contributed by atoms with van der Waals surface area (Å²) in [5.41, 5.74) is 4.31. The fourth-order valence-corrected chi connectivity index (χ4v) is 5.81. The van der Waals surface area contributed by atoms with E-state index < -0.39 is 0 Å². The third-order valence-corrected chi connectivity index (χ3v) is 8.08. The molecule has 1 atom stereocenters. The Kier molecular flexibility index (Phi) is 7.89. The van der Waals surface area contributed by atoms with Crippen molar-refractivity contribution in [3.63, 3.8) is 0 Å². The minimum atomic E-state index is -0.290. The van der Waals surface area contributed by atoms with Gasteiger partial charge in [0.1, 0.15) is 5.75 Å². The monoisotopic (exact) mass is 537 g/mol. The lowest BCUT2D eigenvalue weighted by Crippen LogP contribution is -2.24. The third kappa shape index (κ3) is 5.64. The van der Waals surface area contributed by atoms with Crippen LogP contribution in [0, 0.1) is 0 Å². The van der Waals surface area contributed by atoms with E-state index >= 15 is 0 Å². The van der Waals surface area contributed by atoms with Crippen molar-refractivity contribution in [1.82, 2.24) is 4.57 Å². The van der Waals surface area contributed by atoms with Crippen molar-refractivity contribution >= 4 is 56.8 Å². The molecule has 0 aliphatic carbocycles. The maximum absolute atomic E-state index is 13.3. The molecular formula is C32H31N3O3S. The van der Waals surface area contributed by atoms with E-state index in [1.807, 2.05) is 43.3 Å². The molecule has 1 aromatic heterocycles. The molecular weight excluding hydrogens is 506 g/mol. The fraction of sp³-hybridized carbons (Fsp3) is 0.188. The van der Waals surface area contributed by atoms with Gasteiger partial charge in [-0.05, 0) is 74.0 Å². The van der Waals surface area contributed by atoms with E-state index in [9.17, 15) is 9.59 Å². The van der Waals surface area contributed by atoms with Crippen LogP contribution in [0.2, 0.25) is 0 Å². The van der Waals surface area contributed by atoms with Gasteiger partial charge in [0.25, 0.3) is 5.91 Å². The molecule has 5 aromatic rings. The summed E-state index contributed by atoms with van der Waals surface area (Å²) in [6, 6.07) is 29.1. The number of carbonyl (C=O) groups is 2. The quantitative estimate of drug-likeness (QED) is 0.190. The Hall–Kier alpha value is -4.23. The number of fused-ring (bicyclic) bond motifs is 3. The summed E-state index contributed by atoms with van der Waals surface area (Å²) in [5.74, 6) is 0.353. The number of ether oxygens (including phenoxy) is 1. The van der Waals surface area contributed by atoms with Crippen LogP contribution < -0.4 is 15.4 Å². The molecule has 2 amide bonds. The topological polar surface area (TPSA) is 72.4 Å². The lowest BCUT2D eigenvalue weighted by molar-refractivity contribution is -0.115. The van der Waals surface area contributed by atoms with E-state index in [1.54, 1.807) is 31.4 Å². The molecule has 7 heteroatoms. The third-order valence-electron chi connectivity index (χ3n) is 6.72. The van der Waals surface area contributed by atoms with Crippen molar-refractivity contribution in [2.75, 3.05) is 17.7 Å². The van der Waals surface area contributed by atoms with Gasteiger partial charge in [0.15, 0.2) is 0 Å². The highest BCUT2D eigenvalue weighted by Gasteiger charge is 2.19. The molecule has 0 aliphatic rings. The molecule has 198 valence electrons. The summed E-state index contributed by atoms with van der Waals surface area (Å²) in [6.07, 6.45) is 0.661. The van der Waals surface area contributed by atoms with Gasteiger partial charge in [-0.25, -0.2) is 0 Å². The number of hydrogen-bond acceptors (Lipinski definition) is 4. The number of nitrogens with one attached hydrogen (secondary N) is 2. The van der Waals surface area contributed by atoms with Crippen molar-refractivity contribution in [3.8, 4) is 5.75 Å². The minimum Gasteiger partial charge on any atom is -0.497 e. The van der Waals surface area contributed by atoms with E-state index in [0.717, 1.165) is 28.0 Å². The zero-order valence-corrected chi connectivity index (χ0v) is 23.0. The number of hydrogen-bond donors (Lipinski definition) is 2. The van der Waals surface area contributed by atoms with E-state index in [0.29, 0.717) is 23.4 Å². The number of nitrogens with zero attached hydrogens (tertiary/aromatic N) is 1. The fourth-order valence-electron chi connectivity index (χ4n) is 4.80. The Labute approximate surface area is 232 Å². The van der Waals surface area contributed by atoms with Gasteiger partial charge in [0, 0.05) is 50.2 Å². The van der Waals surface area contributed by atoms with Crippen molar-refractivity contribution in [3.05, 3.63) is 96.6 Å². The van der Waals surface area contributed by atoms with Gasteiger partial charge in [-0.15, -0.1) is 11.8 Å². The Morgan fingerprint density at radius 2 is 1.59 bits per heavy atom. The molecule has 0 aliphatic heterocycles. The predicted molar refractivity (Wildman–Crippen MR) is 161 cm³/mol. The Bertz CT molecular complexity index is 1660. The van der Waals surface area contributed by atoms with Gasteiger partial charge in [0.2, 0.25) is 5.91 Å². The second kappa shape index (κ2) is 11.7. The Morgan fingerprint density at radius 1 is 0.821 bits per heavy atom. The molecule has 0 fully saturated rings. The zero-order valence-electron chi connectivity index (χ0n) is 22.2. The number of amides is 2. The first-order valence-corrected chi connectivity index (χ1v) is 13.9. The summed E-state index contributed by atoms with van der Waals surface area (Å²) in [4.78, 5) is 26.9. The predicted octanol–water partition coefficient (Wildman–Crippen LogP) is 7.58. The van der Waals surface area contributed by atoms with E-state index in [1.165, 1.54) is 22.7 Å². The molecule has 0 saturated heterocycles. The SMILES string of the molecule is CCC(Sc1cccc(NC(=O)c2cccc(OC)c2)c1)C(=O)Nc1ccc2c(c1)c1ccccc1n2CC. The van der Waals surface area contributed by atoms with Crippen molar-refractivity contribution in [1.29, 1.82) is 0 Å². The molecule has 0 radical (unpaired) electrons. The maximum Gasteiger partial charge on any atom is 0.255 e. The molecule has 2 N–H and O–H groups in total. The first-order valence-electron chi connectivity index (χ1n) is 13.0. The number of benzene rings is 4. The van der Waals surface area contributed by atoms with Gasteiger partial charge >= 0.3 is 0 Å². The Balaban J connectivity index is 1.30. The molecule has 1 unspecified atom stereocenters. The molecule has 0 saturated carbocycles. The highest BCUT2D eigenvalue weighted by Crippen LogP contribution is 2.32. The molecule has 4 aromatic carbocycles. The average Bonchev–Trinajstić information content (AvgIpc) is 3.29. The van der Waals surface area contributed by atoms with E-state index in [4.69, 9.17) is 4.74 Å². The lowest BCUT2D eigenvalue weighted by Gasteiger charge is -2.16. The van der Waals surface area contributed by atoms with Gasteiger partial charge in [0.05, 0.1) is 12.4 Å². The first-order chi connectivity index (χ1) is 19.0. The first kappa shape index (κ1) is 26.4. The Morgan fingerprint density at radius 3 is 2.38 bits per heavy atom. The van der Waals surface area contributed by atoms with Gasteiger partial charge in [-0.1, -0.05) is 37.3 Å². The van der Waals surface area contributed by atoms with Crippen molar-refractivity contribution < 1.29 is 14.3 Å². The summed E-state index contributed by atoms with van der Waals surface area (Å²) < 4.78 is 7.51. The van der Waals surface area contributed by atoms with Crippen LogP contribution in [-0.4, -0.2) is 28.7 Å². The molecule has 1 heterocycles. The average molecular weight is 538 g/mol. The molecule has 0 spiro atoms. The largest absolute Gasteiger partial charge is 0.497 e. The summed E-state index contributed by atoms with van der Waals surface area (Å²) in [5, 5.41) is 8.08. The number of anilines is 2. The number of aryl methyl sites for hydroxylation is 1. The van der Waals surface area contributed by atoms with Crippen LogP contribution in [0.1, 0.15) is 30.6 Å². The standard InChI is InChI=1S/C32H31N3O3S/c1-4-30(39-25-13-9-11-22(19-25)33-31(36)21-10-8-12-24(18-21)38-3)32(37)34-23-16-17-29-27(20-23)26-14-6-7-15-28(26)35(29)5-2/h6-20,30H,4-5H2,1-3H3,(H,33,36)(H,34,37). The van der Waals surface area contributed by atoms with E-state index in [2.05, 4.69) is 52.5 Å².